The molecule has 6 heteroatoms. The number of anilines is 2. The van der Waals surface area contributed by atoms with Crippen LogP contribution in [0, 0.1) is 10.1 Å². The number of nitrogens with one attached hydrogen (secondary N) is 2. The zero-order valence-corrected chi connectivity index (χ0v) is 12.0. The van der Waals surface area contributed by atoms with Crippen molar-refractivity contribution in [3.63, 3.8) is 0 Å². The average Bonchev–Trinajstić information content (AvgIpc) is 2.83. The summed E-state index contributed by atoms with van der Waals surface area (Å²) in [5.41, 5.74) is 1.25. The topological polar surface area (TPSA) is 67.2 Å². The van der Waals surface area contributed by atoms with Crippen molar-refractivity contribution in [3.8, 4) is 0 Å². The minimum absolute atomic E-state index is 0.122. The van der Waals surface area contributed by atoms with Crippen LogP contribution < -0.4 is 10.6 Å². The van der Waals surface area contributed by atoms with Crippen molar-refractivity contribution < 1.29 is 4.92 Å². The number of nitrogens with zero attached hydrogens (tertiary/aromatic N) is 1. The molecular formula is C13H19N3O2S. The predicted molar refractivity (Wildman–Crippen MR) is 81.2 cm³/mol. The normalized spacial score (nSPS) is 22.2. The Bertz CT molecular complexity index is 473. The highest BCUT2D eigenvalue weighted by atomic mass is 32.2. The van der Waals surface area contributed by atoms with Crippen LogP contribution in [-0.2, 0) is 0 Å². The molecule has 19 heavy (non-hydrogen) atoms. The molecule has 5 nitrogen and oxygen atoms in total. The number of nitro groups is 1. The molecule has 0 radical (unpaired) electrons. The fourth-order valence-electron chi connectivity index (χ4n) is 2.34. The zero-order valence-electron chi connectivity index (χ0n) is 11.2. The van der Waals surface area contributed by atoms with E-state index in [4.69, 9.17) is 0 Å². The van der Waals surface area contributed by atoms with E-state index < -0.39 is 0 Å². The lowest BCUT2D eigenvalue weighted by Gasteiger charge is -2.23. The lowest BCUT2D eigenvalue weighted by Crippen LogP contribution is -2.27. The van der Waals surface area contributed by atoms with Crippen molar-refractivity contribution in [1.82, 2.24) is 0 Å². The minimum Gasteiger partial charge on any atom is -0.382 e. The first-order valence-corrected chi connectivity index (χ1v) is 7.37. The number of para-hydroxylation sites is 1. The van der Waals surface area contributed by atoms with E-state index >= 15 is 0 Å². The van der Waals surface area contributed by atoms with Gasteiger partial charge in [-0.3, -0.25) is 10.1 Å². The van der Waals surface area contributed by atoms with Crippen LogP contribution in [0.3, 0.4) is 0 Å². The molecule has 0 bridgehead atoms. The van der Waals surface area contributed by atoms with Gasteiger partial charge in [0, 0.05) is 18.3 Å². The standard InChI is InChI=1S/C13H19N3O2S/c1-13(7-4-8-19-13)9-15-11-6-3-5-10(14-2)12(11)16(17)18/h3,5-6,14-15H,4,7-9H2,1-2H3. The van der Waals surface area contributed by atoms with Gasteiger partial charge in [-0.25, -0.2) is 0 Å². The molecule has 1 aromatic carbocycles. The van der Waals surface area contributed by atoms with Crippen LogP contribution >= 0.6 is 11.8 Å². The van der Waals surface area contributed by atoms with E-state index in [-0.39, 0.29) is 15.4 Å². The number of hydrogen-bond acceptors (Lipinski definition) is 5. The number of benzene rings is 1. The van der Waals surface area contributed by atoms with E-state index in [1.807, 2.05) is 17.8 Å². The van der Waals surface area contributed by atoms with Gasteiger partial charge in [0.05, 0.1) is 4.92 Å². The molecule has 0 spiro atoms. The van der Waals surface area contributed by atoms with Gasteiger partial charge >= 0.3 is 5.69 Å². The summed E-state index contributed by atoms with van der Waals surface area (Å²) in [7, 11) is 1.69. The molecule has 1 aliphatic rings. The SMILES string of the molecule is CNc1cccc(NCC2(C)CCCS2)c1[N+](=O)[O-]. The maximum atomic E-state index is 11.2. The van der Waals surface area contributed by atoms with Gasteiger partial charge in [0.15, 0.2) is 0 Å². The van der Waals surface area contributed by atoms with Gasteiger partial charge in [-0.1, -0.05) is 6.07 Å². The van der Waals surface area contributed by atoms with Crippen LogP contribution in [0.15, 0.2) is 18.2 Å². The summed E-state index contributed by atoms with van der Waals surface area (Å²) in [5.74, 6) is 1.18. The number of thioether (sulfide) groups is 1. The fourth-order valence-corrected chi connectivity index (χ4v) is 3.59. The van der Waals surface area contributed by atoms with Crippen LogP contribution in [-0.4, -0.2) is 29.0 Å². The largest absolute Gasteiger partial charge is 0.382 e. The van der Waals surface area contributed by atoms with Crippen molar-refractivity contribution in [2.75, 3.05) is 30.0 Å². The highest BCUT2D eigenvalue weighted by Gasteiger charge is 2.30. The molecule has 2 rings (SSSR count). The first-order valence-electron chi connectivity index (χ1n) is 6.39. The molecule has 1 aromatic rings. The van der Waals surface area contributed by atoms with Gasteiger partial charge in [-0.15, -0.1) is 0 Å². The van der Waals surface area contributed by atoms with Gasteiger partial charge in [0.2, 0.25) is 0 Å². The van der Waals surface area contributed by atoms with Crippen molar-refractivity contribution in [2.24, 2.45) is 0 Å². The molecule has 2 N–H and O–H groups in total. The molecule has 0 saturated carbocycles. The van der Waals surface area contributed by atoms with Gasteiger partial charge in [-0.05, 0) is 37.7 Å². The Morgan fingerprint density at radius 3 is 2.79 bits per heavy atom. The maximum Gasteiger partial charge on any atom is 0.315 e. The molecule has 0 aromatic heterocycles. The summed E-state index contributed by atoms with van der Waals surface area (Å²) in [6.45, 7) is 2.97. The van der Waals surface area contributed by atoms with Crippen molar-refractivity contribution >= 4 is 28.8 Å². The Kier molecular flexibility index (Phi) is 4.19. The summed E-state index contributed by atoms with van der Waals surface area (Å²) in [4.78, 5) is 10.9. The van der Waals surface area contributed by atoms with Gasteiger partial charge < -0.3 is 10.6 Å². The summed E-state index contributed by atoms with van der Waals surface area (Å²) >= 11 is 1.94. The summed E-state index contributed by atoms with van der Waals surface area (Å²) in [6.07, 6.45) is 2.38. The third kappa shape index (κ3) is 3.12. The Morgan fingerprint density at radius 2 is 2.21 bits per heavy atom. The Balaban J connectivity index is 2.17. The monoisotopic (exact) mass is 281 g/mol. The molecule has 1 aliphatic heterocycles. The first-order chi connectivity index (χ1) is 9.06. The molecule has 0 aliphatic carbocycles. The second kappa shape index (κ2) is 5.69. The Hall–Kier alpha value is -1.43. The average molecular weight is 281 g/mol. The van der Waals surface area contributed by atoms with Crippen molar-refractivity contribution in [3.05, 3.63) is 28.3 Å². The highest BCUT2D eigenvalue weighted by molar-refractivity contribution is 8.00. The van der Waals surface area contributed by atoms with E-state index in [0.29, 0.717) is 11.4 Å². The lowest BCUT2D eigenvalue weighted by atomic mass is 10.1. The molecular weight excluding hydrogens is 262 g/mol. The van der Waals surface area contributed by atoms with Gasteiger partial charge in [0.1, 0.15) is 11.4 Å². The summed E-state index contributed by atoms with van der Waals surface area (Å²) in [5, 5.41) is 17.3. The van der Waals surface area contributed by atoms with E-state index in [9.17, 15) is 10.1 Å². The van der Waals surface area contributed by atoms with Gasteiger partial charge in [0.25, 0.3) is 0 Å². The van der Waals surface area contributed by atoms with Crippen LogP contribution in [0.25, 0.3) is 0 Å². The molecule has 1 unspecified atom stereocenters. The minimum atomic E-state index is -0.335. The molecule has 0 amide bonds. The van der Waals surface area contributed by atoms with Gasteiger partial charge in [-0.2, -0.15) is 11.8 Å². The quantitative estimate of drug-likeness (QED) is 0.640. The van der Waals surface area contributed by atoms with Crippen LogP contribution in [0.5, 0.6) is 0 Å². The number of hydrogen-bond donors (Lipinski definition) is 2. The Morgan fingerprint density at radius 1 is 1.47 bits per heavy atom. The third-order valence-corrected chi connectivity index (χ3v) is 4.98. The second-order valence-corrected chi connectivity index (χ2v) is 6.65. The fraction of sp³-hybridized carbons (Fsp3) is 0.538. The first kappa shape index (κ1) is 14.0. The van der Waals surface area contributed by atoms with E-state index in [0.717, 1.165) is 13.0 Å². The van der Waals surface area contributed by atoms with Crippen LogP contribution in [0.4, 0.5) is 17.1 Å². The number of nitro benzene ring substituents is 1. The maximum absolute atomic E-state index is 11.2. The molecule has 1 fully saturated rings. The lowest BCUT2D eigenvalue weighted by molar-refractivity contribution is -0.383. The third-order valence-electron chi connectivity index (χ3n) is 3.44. The zero-order chi connectivity index (χ0) is 13.9. The van der Waals surface area contributed by atoms with E-state index in [1.165, 1.54) is 12.2 Å². The van der Waals surface area contributed by atoms with Crippen molar-refractivity contribution in [1.29, 1.82) is 0 Å². The van der Waals surface area contributed by atoms with E-state index in [1.54, 1.807) is 19.2 Å². The Labute approximate surface area is 117 Å². The molecule has 1 atom stereocenters. The number of rotatable bonds is 5. The smallest absolute Gasteiger partial charge is 0.315 e. The van der Waals surface area contributed by atoms with Crippen LogP contribution in [0.2, 0.25) is 0 Å². The van der Waals surface area contributed by atoms with E-state index in [2.05, 4.69) is 17.6 Å². The summed E-state index contributed by atoms with van der Waals surface area (Å²) < 4.78 is 0.184. The second-order valence-electron chi connectivity index (χ2n) is 4.96. The van der Waals surface area contributed by atoms with Crippen LogP contribution in [0.1, 0.15) is 19.8 Å². The predicted octanol–water partition coefficient (Wildman–Crippen LogP) is 3.33. The van der Waals surface area contributed by atoms with Crippen molar-refractivity contribution in [2.45, 2.75) is 24.5 Å². The molecule has 104 valence electrons. The molecule has 1 heterocycles. The highest BCUT2D eigenvalue weighted by Crippen LogP contribution is 2.39. The molecule has 1 saturated heterocycles. The summed E-state index contributed by atoms with van der Waals surface area (Å²) in [6, 6.07) is 5.31.